The highest BCUT2D eigenvalue weighted by molar-refractivity contribution is 5.57. The molecule has 6 nitrogen and oxygen atoms in total. The minimum absolute atomic E-state index is 0.258. The van der Waals surface area contributed by atoms with Gasteiger partial charge < -0.3 is 10.6 Å². The molecule has 1 fully saturated rings. The van der Waals surface area contributed by atoms with Crippen LogP contribution < -0.4 is 10.6 Å². The van der Waals surface area contributed by atoms with Crippen molar-refractivity contribution in [2.45, 2.75) is 19.8 Å². The van der Waals surface area contributed by atoms with Crippen LogP contribution in [0.25, 0.3) is 11.4 Å². The van der Waals surface area contributed by atoms with E-state index in [0.717, 1.165) is 24.2 Å². The van der Waals surface area contributed by atoms with E-state index in [4.69, 9.17) is 5.73 Å². The van der Waals surface area contributed by atoms with Crippen LogP contribution in [0.1, 0.15) is 18.4 Å². The van der Waals surface area contributed by atoms with Crippen molar-refractivity contribution >= 4 is 11.9 Å². The lowest BCUT2D eigenvalue weighted by Crippen LogP contribution is -2.21. The van der Waals surface area contributed by atoms with E-state index in [1.165, 1.54) is 12.8 Å². The molecule has 0 aliphatic carbocycles. The Kier molecular flexibility index (Phi) is 2.98. The van der Waals surface area contributed by atoms with Crippen LogP contribution in [0.4, 0.5) is 11.9 Å². The van der Waals surface area contributed by atoms with Crippen molar-refractivity contribution in [3.63, 3.8) is 0 Å². The summed E-state index contributed by atoms with van der Waals surface area (Å²) in [7, 11) is 0. The van der Waals surface area contributed by atoms with Crippen LogP contribution >= 0.6 is 0 Å². The third kappa shape index (κ3) is 2.47. The summed E-state index contributed by atoms with van der Waals surface area (Å²) in [6, 6.07) is 2.00. The maximum absolute atomic E-state index is 5.79. The van der Waals surface area contributed by atoms with Gasteiger partial charge in [0, 0.05) is 31.0 Å². The summed E-state index contributed by atoms with van der Waals surface area (Å²) in [5, 5.41) is 0. The number of aryl methyl sites for hydroxylation is 1. The van der Waals surface area contributed by atoms with E-state index < -0.39 is 0 Å². The molecule has 1 aliphatic rings. The average molecular weight is 256 g/mol. The number of hydrogen-bond donors (Lipinski definition) is 1. The summed E-state index contributed by atoms with van der Waals surface area (Å²) in [6.45, 7) is 3.95. The van der Waals surface area contributed by atoms with E-state index >= 15 is 0 Å². The first-order valence-electron chi connectivity index (χ1n) is 6.41. The molecule has 0 radical (unpaired) electrons. The molecule has 2 aromatic rings. The van der Waals surface area contributed by atoms with Crippen molar-refractivity contribution in [1.29, 1.82) is 0 Å². The zero-order valence-corrected chi connectivity index (χ0v) is 10.9. The average Bonchev–Trinajstić information content (AvgIpc) is 2.92. The van der Waals surface area contributed by atoms with E-state index in [2.05, 4.69) is 24.8 Å². The van der Waals surface area contributed by atoms with Gasteiger partial charge in [0.1, 0.15) is 0 Å². The molecule has 0 amide bonds. The molecule has 3 rings (SSSR count). The first-order valence-corrected chi connectivity index (χ1v) is 6.41. The molecule has 98 valence electrons. The van der Waals surface area contributed by atoms with Gasteiger partial charge in [-0.2, -0.15) is 15.0 Å². The SMILES string of the molecule is Cc1cncc(-c2nc(N)nc(N3CCCC3)n2)c1. The molecule has 2 aromatic heterocycles. The lowest BCUT2D eigenvalue weighted by Gasteiger charge is -2.15. The first kappa shape index (κ1) is 11.8. The van der Waals surface area contributed by atoms with Crippen molar-refractivity contribution in [3.05, 3.63) is 24.0 Å². The largest absolute Gasteiger partial charge is 0.368 e. The van der Waals surface area contributed by atoms with Crippen molar-refractivity contribution in [2.75, 3.05) is 23.7 Å². The predicted molar refractivity (Wildman–Crippen MR) is 73.7 cm³/mol. The fourth-order valence-electron chi connectivity index (χ4n) is 2.25. The fraction of sp³-hybridized carbons (Fsp3) is 0.385. The minimum Gasteiger partial charge on any atom is -0.368 e. The summed E-state index contributed by atoms with van der Waals surface area (Å²) in [6.07, 6.45) is 5.89. The summed E-state index contributed by atoms with van der Waals surface area (Å²) < 4.78 is 0. The van der Waals surface area contributed by atoms with E-state index in [9.17, 15) is 0 Å². The van der Waals surface area contributed by atoms with Crippen LogP contribution in [0.3, 0.4) is 0 Å². The molecule has 3 heterocycles. The third-order valence-corrected chi connectivity index (χ3v) is 3.16. The standard InChI is InChI=1S/C13H16N6/c1-9-6-10(8-15-7-9)11-16-12(14)18-13(17-11)19-4-2-3-5-19/h6-8H,2-5H2,1H3,(H2,14,16,17,18). The fourth-order valence-corrected chi connectivity index (χ4v) is 2.25. The van der Waals surface area contributed by atoms with Gasteiger partial charge in [-0.25, -0.2) is 0 Å². The molecule has 19 heavy (non-hydrogen) atoms. The van der Waals surface area contributed by atoms with Gasteiger partial charge in [-0.1, -0.05) is 0 Å². The van der Waals surface area contributed by atoms with Gasteiger partial charge in [-0.3, -0.25) is 4.98 Å². The Labute approximate surface area is 111 Å². The van der Waals surface area contributed by atoms with Crippen LogP contribution in [0.15, 0.2) is 18.5 Å². The Hall–Kier alpha value is -2.24. The van der Waals surface area contributed by atoms with Crippen LogP contribution in [0, 0.1) is 6.92 Å². The molecular formula is C13H16N6. The third-order valence-electron chi connectivity index (χ3n) is 3.16. The zero-order valence-electron chi connectivity index (χ0n) is 10.9. The monoisotopic (exact) mass is 256 g/mol. The van der Waals surface area contributed by atoms with E-state index in [1.54, 1.807) is 12.4 Å². The van der Waals surface area contributed by atoms with Crippen LogP contribution in [-0.4, -0.2) is 33.0 Å². The predicted octanol–water partition coefficient (Wildman–Crippen LogP) is 1.42. The molecule has 0 spiro atoms. The van der Waals surface area contributed by atoms with Crippen molar-refractivity contribution < 1.29 is 0 Å². The van der Waals surface area contributed by atoms with Gasteiger partial charge in [0.15, 0.2) is 5.82 Å². The first-order chi connectivity index (χ1) is 9.22. The summed E-state index contributed by atoms with van der Waals surface area (Å²) in [4.78, 5) is 19.2. The summed E-state index contributed by atoms with van der Waals surface area (Å²) >= 11 is 0. The second kappa shape index (κ2) is 4.79. The van der Waals surface area contributed by atoms with Crippen molar-refractivity contribution in [1.82, 2.24) is 19.9 Å². The second-order valence-electron chi connectivity index (χ2n) is 4.76. The number of hydrogen-bond acceptors (Lipinski definition) is 6. The molecule has 0 unspecified atom stereocenters. The number of nitrogens with zero attached hydrogens (tertiary/aromatic N) is 5. The second-order valence-corrected chi connectivity index (χ2v) is 4.76. The van der Waals surface area contributed by atoms with Crippen LogP contribution in [0.2, 0.25) is 0 Å². The Morgan fingerprint density at radius 3 is 2.63 bits per heavy atom. The molecule has 1 saturated heterocycles. The van der Waals surface area contributed by atoms with Crippen molar-refractivity contribution in [2.24, 2.45) is 0 Å². The van der Waals surface area contributed by atoms with Crippen LogP contribution in [0.5, 0.6) is 0 Å². The molecule has 0 aromatic carbocycles. The van der Waals surface area contributed by atoms with Crippen LogP contribution in [-0.2, 0) is 0 Å². The lowest BCUT2D eigenvalue weighted by atomic mass is 10.2. The van der Waals surface area contributed by atoms with E-state index in [-0.39, 0.29) is 5.95 Å². The summed E-state index contributed by atoms with van der Waals surface area (Å²) in [5.74, 6) is 1.51. The Morgan fingerprint density at radius 1 is 1.11 bits per heavy atom. The maximum atomic E-state index is 5.79. The summed E-state index contributed by atoms with van der Waals surface area (Å²) in [5.41, 5.74) is 7.73. The minimum atomic E-state index is 0.258. The Morgan fingerprint density at radius 2 is 1.89 bits per heavy atom. The van der Waals surface area contributed by atoms with Gasteiger partial charge >= 0.3 is 0 Å². The van der Waals surface area contributed by atoms with Gasteiger partial charge in [0.05, 0.1) is 0 Å². The van der Waals surface area contributed by atoms with E-state index in [1.807, 2.05) is 13.0 Å². The topological polar surface area (TPSA) is 80.8 Å². The normalized spacial score (nSPS) is 14.9. The lowest BCUT2D eigenvalue weighted by molar-refractivity contribution is 0.887. The Bertz CT molecular complexity index is 591. The van der Waals surface area contributed by atoms with Gasteiger partial charge in [-0.15, -0.1) is 0 Å². The number of nitrogen functional groups attached to an aromatic ring is 1. The van der Waals surface area contributed by atoms with Gasteiger partial charge in [-0.05, 0) is 31.4 Å². The molecule has 0 atom stereocenters. The zero-order chi connectivity index (χ0) is 13.2. The van der Waals surface area contributed by atoms with E-state index in [0.29, 0.717) is 11.8 Å². The molecule has 2 N–H and O–H groups in total. The molecule has 6 heteroatoms. The van der Waals surface area contributed by atoms with Gasteiger partial charge in [0.2, 0.25) is 11.9 Å². The highest BCUT2D eigenvalue weighted by atomic mass is 15.3. The molecule has 0 saturated carbocycles. The van der Waals surface area contributed by atoms with Crippen molar-refractivity contribution in [3.8, 4) is 11.4 Å². The number of nitrogens with two attached hydrogens (primary N) is 1. The molecular weight excluding hydrogens is 240 g/mol. The molecule has 0 bridgehead atoms. The molecule has 1 aliphatic heterocycles. The highest BCUT2D eigenvalue weighted by Gasteiger charge is 2.17. The smallest absolute Gasteiger partial charge is 0.230 e. The quantitative estimate of drug-likeness (QED) is 0.875. The highest BCUT2D eigenvalue weighted by Crippen LogP contribution is 2.21. The number of aromatic nitrogens is 4. The number of anilines is 2. The van der Waals surface area contributed by atoms with Gasteiger partial charge in [0.25, 0.3) is 0 Å². The Balaban J connectivity index is 2.01. The maximum Gasteiger partial charge on any atom is 0.230 e. The number of pyridine rings is 1. The number of rotatable bonds is 2.